The summed E-state index contributed by atoms with van der Waals surface area (Å²) < 4.78 is 57.3. The zero-order chi connectivity index (χ0) is 23.8. The Morgan fingerprint density at radius 3 is 2.45 bits per heavy atom. The number of piperidine rings is 1. The lowest BCUT2D eigenvalue weighted by atomic mass is 9.86. The van der Waals surface area contributed by atoms with E-state index in [-0.39, 0.29) is 31.3 Å². The van der Waals surface area contributed by atoms with Gasteiger partial charge in [-0.1, -0.05) is 54.1 Å². The number of alkyl halides is 2. The molecule has 0 aliphatic carbocycles. The number of hydrazone groups is 1. The monoisotopic (exact) mass is 514 g/mol. The number of hydrogen-bond donors (Lipinski definition) is 0. The van der Waals surface area contributed by atoms with E-state index in [0.29, 0.717) is 15.0 Å². The second-order valence-electron chi connectivity index (χ2n) is 8.10. The summed E-state index contributed by atoms with van der Waals surface area (Å²) in [6.45, 7) is 0.904. The lowest BCUT2D eigenvalue weighted by Gasteiger charge is -2.30. The van der Waals surface area contributed by atoms with Gasteiger partial charge in [0.05, 0.1) is 24.2 Å². The molecule has 0 N–H and O–H groups in total. The minimum Gasteiger partial charge on any atom is -0.233 e. The van der Waals surface area contributed by atoms with E-state index in [9.17, 15) is 17.2 Å². The molecule has 1 fully saturated rings. The molecule has 2 aromatic carbocycles. The first-order valence-electron chi connectivity index (χ1n) is 10.4. The van der Waals surface area contributed by atoms with E-state index >= 15 is 0 Å². The molecule has 0 radical (unpaired) electrons. The van der Waals surface area contributed by atoms with Crippen LogP contribution in [0, 0.1) is 0 Å². The van der Waals surface area contributed by atoms with Crippen molar-refractivity contribution in [3.63, 3.8) is 0 Å². The van der Waals surface area contributed by atoms with Crippen LogP contribution in [0.3, 0.4) is 0 Å². The van der Waals surface area contributed by atoms with Gasteiger partial charge in [0.25, 0.3) is 5.92 Å². The maximum absolute atomic E-state index is 13.8. The van der Waals surface area contributed by atoms with Crippen molar-refractivity contribution in [1.29, 1.82) is 0 Å². The summed E-state index contributed by atoms with van der Waals surface area (Å²) in [5, 5.41) is 6.09. The molecule has 176 valence electrons. The zero-order valence-corrected chi connectivity index (χ0v) is 20.0. The van der Waals surface area contributed by atoms with Crippen molar-refractivity contribution >= 4 is 44.4 Å². The lowest BCUT2D eigenvalue weighted by Crippen LogP contribution is -2.45. The molecule has 6 nitrogen and oxygen atoms in total. The maximum atomic E-state index is 13.8. The molecule has 4 rings (SSSR count). The minimum absolute atomic E-state index is 0.0346. The molecule has 0 amide bonds. The van der Waals surface area contributed by atoms with Crippen LogP contribution in [0.4, 0.5) is 8.78 Å². The van der Waals surface area contributed by atoms with Crippen LogP contribution in [0.25, 0.3) is 0 Å². The zero-order valence-electron chi connectivity index (χ0n) is 17.7. The van der Waals surface area contributed by atoms with Crippen LogP contribution in [0.1, 0.15) is 36.8 Å². The lowest BCUT2D eigenvalue weighted by molar-refractivity contribution is -0.0434. The molecule has 0 unspecified atom stereocenters. The van der Waals surface area contributed by atoms with E-state index in [1.807, 2.05) is 49.4 Å². The highest BCUT2D eigenvalue weighted by Crippen LogP contribution is 2.36. The topological polar surface area (TPSA) is 65.3 Å². The van der Waals surface area contributed by atoms with Gasteiger partial charge in [-0.15, -0.1) is 4.40 Å². The first-order valence-corrected chi connectivity index (χ1v) is 12.5. The van der Waals surface area contributed by atoms with Gasteiger partial charge in [0, 0.05) is 18.0 Å². The Morgan fingerprint density at radius 2 is 1.82 bits per heavy atom. The average molecular weight is 515 g/mol. The summed E-state index contributed by atoms with van der Waals surface area (Å²) in [5.41, 5.74) is 2.43. The number of amidine groups is 1. The third kappa shape index (κ3) is 5.21. The Bertz CT molecular complexity index is 1170. The fraction of sp³-hybridized carbons (Fsp3) is 0.364. The van der Waals surface area contributed by atoms with Gasteiger partial charge in [-0.2, -0.15) is 17.8 Å². The SMILES string of the molecule is C[C@H]1[C@@H](c2ccccc2)C(c2ccc(Cl)cc2)=NN1C(Cl)=NS(=O)(=O)N1CCCC(F)(F)C1. The Morgan fingerprint density at radius 1 is 1.15 bits per heavy atom. The largest absolute Gasteiger partial charge is 0.325 e. The fourth-order valence-electron chi connectivity index (χ4n) is 4.12. The summed E-state index contributed by atoms with van der Waals surface area (Å²) in [6, 6.07) is 16.4. The first kappa shape index (κ1) is 24.1. The summed E-state index contributed by atoms with van der Waals surface area (Å²) in [4.78, 5) is 0. The van der Waals surface area contributed by atoms with Gasteiger partial charge in [0.2, 0.25) is 5.29 Å². The Hall–Kier alpha value is -2.07. The number of halogens is 4. The van der Waals surface area contributed by atoms with Crippen molar-refractivity contribution < 1.29 is 17.2 Å². The predicted octanol–water partition coefficient (Wildman–Crippen LogP) is 5.10. The standard InChI is InChI=1S/C22H22Cl2F2N4O2S/c1-15-19(16-6-3-2-4-7-16)20(17-8-10-18(23)11-9-17)27-30(15)21(24)28-33(31,32)29-13-5-12-22(25,26)14-29/h2-4,6-11,15,19H,5,12-14H2,1H3/t15-,19-/m0/s1. The van der Waals surface area contributed by atoms with Crippen molar-refractivity contribution in [3.05, 3.63) is 70.7 Å². The van der Waals surface area contributed by atoms with Crippen LogP contribution in [0.2, 0.25) is 5.02 Å². The predicted molar refractivity (Wildman–Crippen MR) is 126 cm³/mol. The number of rotatable bonds is 4. The third-order valence-corrected chi connectivity index (χ3v) is 7.72. The normalized spacial score (nSPS) is 24.1. The molecule has 33 heavy (non-hydrogen) atoms. The fourth-order valence-corrected chi connectivity index (χ4v) is 5.81. The van der Waals surface area contributed by atoms with Crippen molar-refractivity contribution in [1.82, 2.24) is 9.31 Å². The highest BCUT2D eigenvalue weighted by atomic mass is 35.5. The summed E-state index contributed by atoms with van der Waals surface area (Å²) >= 11 is 12.4. The molecule has 11 heteroatoms. The molecule has 0 spiro atoms. The number of hydrogen-bond acceptors (Lipinski definition) is 3. The van der Waals surface area contributed by atoms with Gasteiger partial charge in [0.1, 0.15) is 0 Å². The van der Waals surface area contributed by atoms with Gasteiger partial charge < -0.3 is 0 Å². The van der Waals surface area contributed by atoms with Crippen LogP contribution < -0.4 is 0 Å². The van der Waals surface area contributed by atoms with E-state index < -0.39 is 28.0 Å². The molecular formula is C22H22Cl2F2N4O2S. The first-order chi connectivity index (χ1) is 15.6. The van der Waals surface area contributed by atoms with E-state index in [1.54, 1.807) is 12.1 Å². The molecule has 2 aliphatic rings. The molecule has 0 aromatic heterocycles. The Labute approximate surface area is 201 Å². The summed E-state index contributed by atoms with van der Waals surface area (Å²) in [6.07, 6.45) is -0.304. The van der Waals surface area contributed by atoms with Crippen LogP contribution in [0.15, 0.2) is 64.1 Å². The van der Waals surface area contributed by atoms with E-state index in [4.69, 9.17) is 23.2 Å². The molecule has 2 aliphatic heterocycles. The molecule has 1 saturated heterocycles. The minimum atomic E-state index is -4.40. The molecule has 2 aromatic rings. The van der Waals surface area contributed by atoms with Crippen LogP contribution in [0.5, 0.6) is 0 Å². The molecule has 0 bridgehead atoms. The second-order valence-corrected chi connectivity index (χ2v) is 10.5. The molecule has 2 heterocycles. The number of nitrogens with zero attached hydrogens (tertiary/aromatic N) is 4. The van der Waals surface area contributed by atoms with Gasteiger partial charge in [0.15, 0.2) is 0 Å². The smallest absolute Gasteiger partial charge is 0.233 e. The van der Waals surface area contributed by atoms with E-state index in [1.165, 1.54) is 5.01 Å². The van der Waals surface area contributed by atoms with Gasteiger partial charge in [-0.05, 0) is 48.2 Å². The summed E-state index contributed by atoms with van der Waals surface area (Å²) in [7, 11) is -4.40. The van der Waals surface area contributed by atoms with Crippen molar-refractivity contribution in [2.75, 3.05) is 13.1 Å². The number of benzene rings is 2. The molecule has 2 atom stereocenters. The second kappa shape index (κ2) is 9.29. The highest BCUT2D eigenvalue weighted by Gasteiger charge is 2.42. The average Bonchev–Trinajstić information content (AvgIpc) is 3.11. The Balaban J connectivity index is 1.70. The van der Waals surface area contributed by atoms with Gasteiger partial charge >= 0.3 is 10.2 Å². The highest BCUT2D eigenvalue weighted by molar-refractivity contribution is 7.88. The van der Waals surface area contributed by atoms with Crippen LogP contribution >= 0.6 is 23.2 Å². The van der Waals surface area contributed by atoms with Gasteiger partial charge in [-0.3, -0.25) is 0 Å². The maximum Gasteiger partial charge on any atom is 0.325 e. The van der Waals surface area contributed by atoms with Crippen LogP contribution in [-0.4, -0.2) is 53.8 Å². The van der Waals surface area contributed by atoms with E-state index in [2.05, 4.69) is 9.50 Å². The molecular weight excluding hydrogens is 493 g/mol. The Kier molecular flexibility index (Phi) is 6.77. The quantitative estimate of drug-likeness (QED) is 0.323. The van der Waals surface area contributed by atoms with Crippen LogP contribution in [-0.2, 0) is 10.2 Å². The summed E-state index contributed by atoms with van der Waals surface area (Å²) in [5.74, 6) is -3.33. The third-order valence-electron chi connectivity index (χ3n) is 5.74. The van der Waals surface area contributed by atoms with Crippen molar-refractivity contribution in [2.45, 2.75) is 37.6 Å². The van der Waals surface area contributed by atoms with E-state index in [0.717, 1.165) is 11.1 Å². The van der Waals surface area contributed by atoms with Crippen molar-refractivity contribution in [2.24, 2.45) is 9.50 Å². The molecule has 0 saturated carbocycles. The van der Waals surface area contributed by atoms with Gasteiger partial charge in [-0.25, -0.2) is 13.8 Å². The van der Waals surface area contributed by atoms with Crippen molar-refractivity contribution in [3.8, 4) is 0 Å².